The Kier molecular flexibility index (Phi) is 4.85. The molecule has 6 nitrogen and oxygen atoms in total. The molecular weight excluding hydrogens is 400 g/mol. The molecule has 0 aliphatic rings. The van der Waals surface area contributed by atoms with Crippen molar-refractivity contribution in [2.45, 2.75) is 15.6 Å². The summed E-state index contributed by atoms with van der Waals surface area (Å²) >= 11 is 4.16. The lowest BCUT2D eigenvalue weighted by Crippen LogP contribution is -2.22. The molecule has 0 bridgehead atoms. The third-order valence-corrected chi connectivity index (χ3v) is 6.95. The van der Waals surface area contributed by atoms with Gasteiger partial charge in [0.1, 0.15) is 4.21 Å². The number of rotatable bonds is 5. The number of hydrogen-bond donors (Lipinski definition) is 2. The molecule has 0 spiro atoms. The van der Waals surface area contributed by atoms with Crippen molar-refractivity contribution in [2.75, 3.05) is 0 Å². The number of thiophene rings is 1. The standard InChI is InChI=1S/C11H11BrN2O4S3/c12-8-1-4-10(5-2-8)21(17,18)14-7-9-3-6-11(19-9)20(13,15)16/h1-6,14H,7H2,(H2,13,15,16). The van der Waals surface area contributed by atoms with Gasteiger partial charge in [-0.3, -0.25) is 0 Å². The Bertz CT molecular complexity index is 842. The lowest BCUT2D eigenvalue weighted by Gasteiger charge is -2.05. The number of primary sulfonamides is 1. The summed E-state index contributed by atoms with van der Waals surface area (Å²) in [5, 5.41) is 5.00. The lowest BCUT2D eigenvalue weighted by atomic mass is 10.4. The molecule has 2 rings (SSSR count). The van der Waals surface area contributed by atoms with Gasteiger partial charge in [0.25, 0.3) is 0 Å². The number of hydrogen-bond acceptors (Lipinski definition) is 5. The van der Waals surface area contributed by atoms with Gasteiger partial charge < -0.3 is 0 Å². The average molecular weight is 411 g/mol. The summed E-state index contributed by atoms with van der Waals surface area (Å²) < 4.78 is 49.6. The van der Waals surface area contributed by atoms with E-state index < -0.39 is 20.0 Å². The first-order valence-corrected chi connectivity index (χ1v) is 10.2. The Labute approximate surface area is 135 Å². The van der Waals surface area contributed by atoms with Crippen LogP contribution >= 0.6 is 27.3 Å². The summed E-state index contributed by atoms with van der Waals surface area (Å²) in [6.07, 6.45) is 0. The summed E-state index contributed by atoms with van der Waals surface area (Å²) in [6.45, 7) is -0.00140. The number of sulfonamides is 2. The summed E-state index contributed by atoms with van der Waals surface area (Å²) in [7, 11) is -7.40. The summed E-state index contributed by atoms with van der Waals surface area (Å²) in [6, 6.07) is 9.06. The fraction of sp³-hybridized carbons (Fsp3) is 0.0909. The number of benzene rings is 1. The Hall–Kier alpha value is -0.780. The maximum Gasteiger partial charge on any atom is 0.247 e. The van der Waals surface area contributed by atoms with E-state index in [2.05, 4.69) is 20.7 Å². The second kappa shape index (κ2) is 6.15. The van der Waals surface area contributed by atoms with Gasteiger partial charge in [0.15, 0.2) is 0 Å². The first-order valence-electron chi connectivity index (χ1n) is 5.55. The van der Waals surface area contributed by atoms with Crippen LogP contribution in [0.1, 0.15) is 4.88 Å². The van der Waals surface area contributed by atoms with E-state index in [1.54, 1.807) is 12.1 Å². The zero-order valence-corrected chi connectivity index (χ0v) is 14.5. The van der Waals surface area contributed by atoms with Crippen molar-refractivity contribution in [1.29, 1.82) is 0 Å². The molecule has 0 unspecified atom stereocenters. The van der Waals surface area contributed by atoms with E-state index in [0.717, 1.165) is 15.8 Å². The van der Waals surface area contributed by atoms with E-state index in [9.17, 15) is 16.8 Å². The molecule has 0 aliphatic carbocycles. The van der Waals surface area contributed by atoms with E-state index in [4.69, 9.17) is 5.14 Å². The van der Waals surface area contributed by atoms with Crippen LogP contribution in [-0.2, 0) is 26.6 Å². The fourth-order valence-corrected chi connectivity index (χ4v) is 4.55. The van der Waals surface area contributed by atoms with Crippen LogP contribution in [0.2, 0.25) is 0 Å². The van der Waals surface area contributed by atoms with Crippen LogP contribution in [0.25, 0.3) is 0 Å². The summed E-state index contributed by atoms with van der Waals surface area (Å²) in [5.74, 6) is 0. The molecule has 0 amide bonds. The van der Waals surface area contributed by atoms with Crippen molar-refractivity contribution in [1.82, 2.24) is 4.72 Å². The third-order valence-electron chi connectivity index (χ3n) is 2.48. The van der Waals surface area contributed by atoms with E-state index >= 15 is 0 Å². The van der Waals surface area contributed by atoms with Gasteiger partial charge in [-0.1, -0.05) is 15.9 Å². The maximum absolute atomic E-state index is 12.1. The third kappa shape index (κ3) is 4.34. The summed E-state index contributed by atoms with van der Waals surface area (Å²) in [4.78, 5) is 0.689. The molecule has 21 heavy (non-hydrogen) atoms. The predicted octanol–water partition coefficient (Wildman–Crippen LogP) is 1.64. The molecule has 0 saturated carbocycles. The molecule has 114 valence electrons. The Morgan fingerprint density at radius 2 is 1.67 bits per heavy atom. The zero-order valence-electron chi connectivity index (χ0n) is 10.5. The van der Waals surface area contributed by atoms with Crippen molar-refractivity contribution < 1.29 is 16.8 Å². The van der Waals surface area contributed by atoms with E-state index in [0.29, 0.717) is 4.88 Å². The van der Waals surface area contributed by atoms with Gasteiger partial charge in [0.05, 0.1) is 4.90 Å². The van der Waals surface area contributed by atoms with Crippen LogP contribution in [0.4, 0.5) is 0 Å². The predicted molar refractivity (Wildman–Crippen MR) is 83.9 cm³/mol. The van der Waals surface area contributed by atoms with Gasteiger partial charge >= 0.3 is 0 Å². The van der Waals surface area contributed by atoms with Crippen molar-refractivity contribution in [2.24, 2.45) is 5.14 Å². The minimum Gasteiger partial charge on any atom is -0.224 e. The van der Waals surface area contributed by atoms with Gasteiger partial charge in [0.2, 0.25) is 20.0 Å². The molecule has 1 aromatic carbocycles. The maximum atomic E-state index is 12.1. The van der Waals surface area contributed by atoms with Crippen molar-refractivity contribution in [3.63, 3.8) is 0 Å². The first-order chi connectivity index (χ1) is 9.68. The van der Waals surface area contributed by atoms with Crippen molar-refractivity contribution in [3.8, 4) is 0 Å². The highest BCUT2D eigenvalue weighted by Gasteiger charge is 2.15. The van der Waals surface area contributed by atoms with Gasteiger partial charge in [-0.05, 0) is 36.4 Å². The van der Waals surface area contributed by atoms with Gasteiger partial charge in [-0.15, -0.1) is 11.3 Å². The second-order valence-corrected chi connectivity index (χ2v) is 9.68. The van der Waals surface area contributed by atoms with Crippen LogP contribution in [0, 0.1) is 0 Å². The number of nitrogens with two attached hydrogens (primary N) is 1. The second-order valence-electron chi connectivity index (χ2n) is 4.04. The molecule has 10 heteroatoms. The van der Waals surface area contributed by atoms with Gasteiger partial charge in [-0.25, -0.2) is 26.7 Å². The SMILES string of the molecule is NS(=O)(=O)c1ccc(CNS(=O)(=O)c2ccc(Br)cc2)s1. The highest BCUT2D eigenvalue weighted by atomic mass is 79.9. The molecule has 1 heterocycles. The molecule has 0 aliphatic heterocycles. The Balaban J connectivity index is 2.12. The average Bonchev–Trinajstić information content (AvgIpc) is 2.86. The number of halogens is 1. The monoisotopic (exact) mass is 410 g/mol. The van der Waals surface area contributed by atoms with E-state index in [-0.39, 0.29) is 15.6 Å². The normalized spacial score (nSPS) is 12.5. The molecule has 0 saturated heterocycles. The molecule has 2 aromatic rings. The van der Waals surface area contributed by atoms with Gasteiger partial charge in [-0.2, -0.15) is 0 Å². The quantitative estimate of drug-likeness (QED) is 0.780. The molecular formula is C11H11BrN2O4S3. The largest absolute Gasteiger partial charge is 0.247 e. The highest BCUT2D eigenvalue weighted by molar-refractivity contribution is 9.10. The van der Waals surface area contributed by atoms with E-state index in [1.165, 1.54) is 24.3 Å². The van der Waals surface area contributed by atoms with Crippen LogP contribution in [0.15, 0.2) is 50.0 Å². The fourth-order valence-electron chi connectivity index (χ4n) is 1.47. The zero-order chi connectivity index (χ0) is 15.7. The smallest absolute Gasteiger partial charge is 0.224 e. The van der Waals surface area contributed by atoms with Gasteiger partial charge in [0, 0.05) is 15.9 Å². The van der Waals surface area contributed by atoms with Crippen LogP contribution in [0.3, 0.4) is 0 Å². The lowest BCUT2D eigenvalue weighted by molar-refractivity contribution is 0.581. The minimum atomic E-state index is -3.76. The van der Waals surface area contributed by atoms with Crippen LogP contribution in [0.5, 0.6) is 0 Å². The topological polar surface area (TPSA) is 106 Å². The Morgan fingerprint density at radius 1 is 1.05 bits per heavy atom. The molecule has 0 fully saturated rings. The summed E-state index contributed by atoms with van der Waals surface area (Å²) in [5.41, 5.74) is 0. The van der Waals surface area contributed by atoms with Crippen LogP contribution < -0.4 is 9.86 Å². The Morgan fingerprint density at radius 3 is 2.19 bits per heavy atom. The van der Waals surface area contributed by atoms with Crippen molar-refractivity contribution in [3.05, 3.63) is 45.7 Å². The molecule has 1 aromatic heterocycles. The molecule has 3 N–H and O–H groups in total. The first kappa shape index (κ1) is 16.6. The minimum absolute atomic E-state index is 0.000314. The van der Waals surface area contributed by atoms with Crippen LogP contribution in [-0.4, -0.2) is 16.8 Å². The number of nitrogens with one attached hydrogen (secondary N) is 1. The molecule has 0 radical (unpaired) electrons. The molecule has 0 atom stereocenters. The van der Waals surface area contributed by atoms with Crippen molar-refractivity contribution >= 4 is 47.3 Å². The highest BCUT2D eigenvalue weighted by Crippen LogP contribution is 2.21. The van der Waals surface area contributed by atoms with E-state index in [1.807, 2.05) is 0 Å².